The molecule has 0 spiro atoms. The molecule has 0 fully saturated rings. The summed E-state index contributed by atoms with van der Waals surface area (Å²) in [4.78, 5) is 20.5. The Kier molecular flexibility index (Phi) is 6.93. The summed E-state index contributed by atoms with van der Waals surface area (Å²) in [5.41, 5.74) is 0. The molecule has 68 valence electrons. The molecule has 0 saturated carbocycles. The van der Waals surface area contributed by atoms with E-state index in [-0.39, 0.29) is 13.0 Å². The summed E-state index contributed by atoms with van der Waals surface area (Å²) >= 11 is 0. The Hall–Kier alpha value is -1.32. The second kappa shape index (κ2) is 7.78. The number of aldehydes is 1. The van der Waals surface area contributed by atoms with Crippen molar-refractivity contribution in [3.8, 4) is 0 Å². The summed E-state index contributed by atoms with van der Waals surface area (Å²) in [5, 5.41) is 0. The second-order valence-corrected chi connectivity index (χ2v) is 1.88. The minimum Gasteiger partial charge on any atom is -0.501 e. The van der Waals surface area contributed by atoms with E-state index in [0.717, 1.165) is 0 Å². The molecule has 4 nitrogen and oxygen atoms in total. The van der Waals surface area contributed by atoms with Crippen molar-refractivity contribution < 1.29 is 19.1 Å². The Bertz CT molecular complexity index is 162. The van der Waals surface area contributed by atoms with E-state index in [4.69, 9.17) is 4.74 Å². The van der Waals surface area contributed by atoms with E-state index >= 15 is 0 Å². The maximum absolute atomic E-state index is 10.7. The van der Waals surface area contributed by atoms with E-state index < -0.39 is 5.97 Å². The molecule has 0 atom stereocenters. The van der Waals surface area contributed by atoms with Gasteiger partial charge in [0.2, 0.25) is 0 Å². The van der Waals surface area contributed by atoms with Gasteiger partial charge in [0, 0.05) is 6.42 Å². The van der Waals surface area contributed by atoms with Gasteiger partial charge in [-0.2, -0.15) is 0 Å². The number of rotatable bonds is 6. The number of esters is 1. The van der Waals surface area contributed by atoms with Crippen molar-refractivity contribution in [1.29, 1.82) is 0 Å². The molecule has 0 aromatic heterocycles. The molecule has 0 aromatic rings. The molecule has 0 aliphatic heterocycles. The summed E-state index contributed by atoms with van der Waals surface area (Å²) in [6, 6.07) is 0. The molecule has 0 unspecified atom stereocenters. The third-order valence-electron chi connectivity index (χ3n) is 0.947. The van der Waals surface area contributed by atoms with Crippen LogP contribution in [0, 0.1) is 0 Å². The zero-order chi connectivity index (χ0) is 9.23. The molecule has 0 rings (SSSR count). The van der Waals surface area contributed by atoms with Crippen molar-refractivity contribution in [3.63, 3.8) is 0 Å². The normalized spacial score (nSPS) is 9.75. The first-order chi connectivity index (χ1) is 5.81. The molecule has 0 aromatic carbocycles. The summed E-state index contributed by atoms with van der Waals surface area (Å²) in [7, 11) is 0. The van der Waals surface area contributed by atoms with Crippen LogP contribution in [0.3, 0.4) is 0 Å². The molecule has 0 radical (unpaired) electrons. The molecule has 0 saturated heterocycles. The lowest BCUT2D eigenvalue weighted by Crippen LogP contribution is -2.02. The van der Waals surface area contributed by atoms with Gasteiger partial charge in [-0.3, -0.25) is 0 Å². The first kappa shape index (κ1) is 10.7. The van der Waals surface area contributed by atoms with E-state index in [1.54, 1.807) is 0 Å². The van der Waals surface area contributed by atoms with Crippen LogP contribution in [0.4, 0.5) is 0 Å². The number of ether oxygens (including phenoxy) is 2. The molecular weight excluding hydrogens is 160 g/mol. The Morgan fingerprint density at radius 1 is 1.50 bits per heavy atom. The first-order valence-electron chi connectivity index (χ1n) is 3.69. The number of hydrogen-bond donors (Lipinski definition) is 0. The van der Waals surface area contributed by atoms with Gasteiger partial charge in [-0.25, -0.2) is 4.79 Å². The monoisotopic (exact) mass is 172 g/mol. The predicted molar refractivity (Wildman–Crippen MR) is 42.4 cm³/mol. The lowest BCUT2D eigenvalue weighted by Gasteiger charge is -1.96. The molecule has 0 aliphatic carbocycles. The summed E-state index contributed by atoms with van der Waals surface area (Å²) < 4.78 is 9.35. The topological polar surface area (TPSA) is 52.6 Å². The van der Waals surface area contributed by atoms with Gasteiger partial charge < -0.3 is 14.3 Å². The molecule has 0 N–H and O–H groups in total. The lowest BCUT2D eigenvalue weighted by atomic mass is 10.5. The Labute approximate surface area is 71.2 Å². The average molecular weight is 172 g/mol. The smallest absolute Gasteiger partial charge is 0.333 e. The zero-order valence-electron chi connectivity index (χ0n) is 6.99. The van der Waals surface area contributed by atoms with Gasteiger partial charge in [-0.15, -0.1) is 0 Å². The van der Waals surface area contributed by atoms with Crippen molar-refractivity contribution in [2.75, 3.05) is 13.2 Å². The summed E-state index contributed by atoms with van der Waals surface area (Å²) in [6.45, 7) is 2.44. The van der Waals surface area contributed by atoms with Crippen LogP contribution in [-0.2, 0) is 19.1 Å². The Morgan fingerprint density at radius 2 is 2.25 bits per heavy atom. The highest BCUT2D eigenvalue weighted by molar-refractivity contribution is 5.81. The number of carbonyl (C=O) groups is 2. The molecular formula is C8H12O4. The molecule has 0 bridgehead atoms. The number of carbonyl (C=O) groups excluding carboxylic acids is 2. The molecule has 0 aliphatic rings. The molecule has 0 heterocycles. The largest absolute Gasteiger partial charge is 0.501 e. The SMILES string of the molecule is CCO/C=C/C(=O)OCCC=O. The van der Waals surface area contributed by atoms with E-state index in [1.807, 2.05) is 6.92 Å². The van der Waals surface area contributed by atoms with Crippen LogP contribution in [0.5, 0.6) is 0 Å². The maximum atomic E-state index is 10.7. The highest BCUT2D eigenvalue weighted by Crippen LogP contribution is 1.84. The Balaban J connectivity index is 3.38. The van der Waals surface area contributed by atoms with Crippen LogP contribution in [-0.4, -0.2) is 25.5 Å². The highest BCUT2D eigenvalue weighted by atomic mass is 16.5. The molecule has 0 amide bonds. The predicted octanol–water partition coefficient (Wildman–Crippen LogP) is 0.669. The number of hydrogen-bond acceptors (Lipinski definition) is 4. The fourth-order valence-electron chi connectivity index (χ4n) is 0.456. The third kappa shape index (κ3) is 6.80. The Morgan fingerprint density at radius 3 is 2.83 bits per heavy atom. The van der Waals surface area contributed by atoms with Crippen molar-refractivity contribution in [1.82, 2.24) is 0 Å². The summed E-state index contributed by atoms with van der Waals surface area (Å²) in [5.74, 6) is -0.495. The minimum absolute atomic E-state index is 0.124. The first-order valence-corrected chi connectivity index (χ1v) is 3.69. The average Bonchev–Trinajstić information content (AvgIpc) is 2.06. The van der Waals surface area contributed by atoms with Crippen molar-refractivity contribution in [2.45, 2.75) is 13.3 Å². The van der Waals surface area contributed by atoms with Gasteiger partial charge in [-0.1, -0.05) is 0 Å². The van der Waals surface area contributed by atoms with E-state index in [1.165, 1.54) is 12.3 Å². The van der Waals surface area contributed by atoms with E-state index in [0.29, 0.717) is 12.9 Å². The van der Waals surface area contributed by atoms with Crippen molar-refractivity contribution in [2.24, 2.45) is 0 Å². The van der Waals surface area contributed by atoms with Gasteiger partial charge in [0.15, 0.2) is 0 Å². The molecule has 4 heteroatoms. The quantitative estimate of drug-likeness (QED) is 0.194. The van der Waals surface area contributed by atoms with Crippen LogP contribution in [0.25, 0.3) is 0 Å². The van der Waals surface area contributed by atoms with Crippen molar-refractivity contribution in [3.05, 3.63) is 12.3 Å². The van der Waals surface area contributed by atoms with Crippen LogP contribution >= 0.6 is 0 Å². The molecule has 12 heavy (non-hydrogen) atoms. The van der Waals surface area contributed by atoms with Crippen LogP contribution in [0.2, 0.25) is 0 Å². The zero-order valence-corrected chi connectivity index (χ0v) is 6.99. The second-order valence-electron chi connectivity index (χ2n) is 1.88. The summed E-state index contributed by atoms with van der Waals surface area (Å²) in [6.07, 6.45) is 3.37. The lowest BCUT2D eigenvalue weighted by molar-refractivity contribution is -0.138. The minimum atomic E-state index is -0.495. The van der Waals surface area contributed by atoms with Gasteiger partial charge in [-0.05, 0) is 6.92 Å². The van der Waals surface area contributed by atoms with Gasteiger partial charge in [0.25, 0.3) is 0 Å². The maximum Gasteiger partial charge on any atom is 0.333 e. The van der Waals surface area contributed by atoms with Gasteiger partial charge >= 0.3 is 5.97 Å². The van der Waals surface area contributed by atoms with E-state index in [2.05, 4.69) is 4.74 Å². The van der Waals surface area contributed by atoms with Crippen LogP contribution < -0.4 is 0 Å². The fourth-order valence-corrected chi connectivity index (χ4v) is 0.456. The third-order valence-corrected chi connectivity index (χ3v) is 0.947. The van der Waals surface area contributed by atoms with Crippen molar-refractivity contribution >= 4 is 12.3 Å². The standard InChI is InChI=1S/C8H12O4/c1-2-11-7-4-8(10)12-6-3-5-9/h4-5,7H,2-3,6H2,1H3/b7-4+. The highest BCUT2D eigenvalue weighted by Gasteiger charge is 1.94. The van der Waals surface area contributed by atoms with Gasteiger partial charge in [0.05, 0.1) is 25.6 Å². The van der Waals surface area contributed by atoms with Crippen LogP contribution in [0.15, 0.2) is 12.3 Å². The fraction of sp³-hybridized carbons (Fsp3) is 0.500. The van der Waals surface area contributed by atoms with Crippen LogP contribution in [0.1, 0.15) is 13.3 Å². The van der Waals surface area contributed by atoms with Gasteiger partial charge in [0.1, 0.15) is 6.29 Å². The van der Waals surface area contributed by atoms with E-state index in [9.17, 15) is 9.59 Å².